The van der Waals surface area contributed by atoms with E-state index in [1.807, 2.05) is 54.6 Å². The molecule has 0 aliphatic carbocycles. The molecule has 8 heteroatoms. The van der Waals surface area contributed by atoms with Gasteiger partial charge >= 0.3 is 0 Å². The van der Waals surface area contributed by atoms with E-state index in [0.717, 1.165) is 12.0 Å². The van der Waals surface area contributed by atoms with Crippen molar-refractivity contribution in [1.82, 2.24) is 9.78 Å². The van der Waals surface area contributed by atoms with Gasteiger partial charge in [0, 0.05) is 11.6 Å². The zero-order chi connectivity index (χ0) is 21.8. The van der Waals surface area contributed by atoms with Crippen LogP contribution in [-0.4, -0.2) is 42.2 Å². The summed E-state index contributed by atoms with van der Waals surface area (Å²) in [4.78, 5) is 12.6. The average Bonchev–Trinajstić information content (AvgIpc) is 3.36. The van der Waals surface area contributed by atoms with E-state index in [-0.39, 0.29) is 30.1 Å². The van der Waals surface area contributed by atoms with Crippen molar-refractivity contribution >= 4 is 21.6 Å². The van der Waals surface area contributed by atoms with E-state index in [9.17, 15) is 13.2 Å². The number of amides is 1. The Hall–Kier alpha value is -3.13. The largest absolute Gasteiger partial charge is 0.484 e. The van der Waals surface area contributed by atoms with Crippen molar-refractivity contribution in [2.45, 2.75) is 25.8 Å². The van der Waals surface area contributed by atoms with Crippen molar-refractivity contribution in [3.8, 4) is 17.0 Å². The molecule has 4 rings (SSSR count). The summed E-state index contributed by atoms with van der Waals surface area (Å²) in [5.41, 5.74) is 2.77. The molecule has 0 spiro atoms. The SMILES string of the molecule is CCc1ccc(OCC(=O)Nc2cc(-c3ccccc3)nn2C2CCS(=O)(=O)C2)cc1. The van der Waals surface area contributed by atoms with Crippen LogP contribution in [-0.2, 0) is 21.1 Å². The summed E-state index contributed by atoms with van der Waals surface area (Å²) in [7, 11) is -3.09. The van der Waals surface area contributed by atoms with Crippen LogP contribution in [0.5, 0.6) is 5.75 Å². The van der Waals surface area contributed by atoms with Gasteiger partial charge in [-0.1, -0.05) is 49.4 Å². The Kier molecular flexibility index (Phi) is 6.08. The molecular formula is C23H25N3O4S. The fourth-order valence-electron chi connectivity index (χ4n) is 3.63. The summed E-state index contributed by atoms with van der Waals surface area (Å²) < 4.78 is 31.2. The zero-order valence-electron chi connectivity index (χ0n) is 17.3. The third-order valence-electron chi connectivity index (χ3n) is 5.33. The van der Waals surface area contributed by atoms with E-state index in [2.05, 4.69) is 17.3 Å². The number of nitrogens with zero attached hydrogens (tertiary/aromatic N) is 2. The Morgan fingerprint density at radius 1 is 1.16 bits per heavy atom. The van der Waals surface area contributed by atoms with Crippen LogP contribution >= 0.6 is 0 Å². The van der Waals surface area contributed by atoms with Crippen molar-refractivity contribution < 1.29 is 17.9 Å². The molecule has 2 heterocycles. The summed E-state index contributed by atoms with van der Waals surface area (Å²) >= 11 is 0. The number of benzene rings is 2. The molecular weight excluding hydrogens is 414 g/mol. The maximum absolute atomic E-state index is 12.6. The summed E-state index contributed by atoms with van der Waals surface area (Å²) in [6, 6.07) is 18.7. The Balaban J connectivity index is 1.51. The van der Waals surface area contributed by atoms with Gasteiger partial charge in [-0.05, 0) is 30.5 Å². The number of hydrogen-bond acceptors (Lipinski definition) is 5. The number of hydrogen-bond donors (Lipinski definition) is 1. The molecule has 0 bridgehead atoms. The lowest BCUT2D eigenvalue weighted by molar-refractivity contribution is -0.118. The zero-order valence-corrected chi connectivity index (χ0v) is 18.1. The van der Waals surface area contributed by atoms with E-state index in [1.54, 1.807) is 10.7 Å². The molecule has 7 nitrogen and oxygen atoms in total. The minimum atomic E-state index is -3.09. The van der Waals surface area contributed by atoms with Gasteiger partial charge in [0.1, 0.15) is 11.6 Å². The molecule has 0 saturated carbocycles. The minimum absolute atomic E-state index is 0.0199. The molecule has 31 heavy (non-hydrogen) atoms. The average molecular weight is 440 g/mol. The summed E-state index contributed by atoms with van der Waals surface area (Å²) in [5.74, 6) is 0.902. The van der Waals surface area contributed by atoms with Gasteiger partial charge in [0.25, 0.3) is 5.91 Å². The topological polar surface area (TPSA) is 90.3 Å². The van der Waals surface area contributed by atoms with Crippen LogP contribution in [0.4, 0.5) is 5.82 Å². The fourth-order valence-corrected chi connectivity index (χ4v) is 5.33. The predicted octanol–water partition coefficient (Wildman–Crippen LogP) is 3.49. The van der Waals surface area contributed by atoms with Crippen LogP contribution in [0, 0.1) is 0 Å². The first-order chi connectivity index (χ1) is 14.9. The first-order valence-electron chi connectivity index (χ1n) is 10.3. The monoisotopic (exact) mass is 439 g/mol. The van der Waals surface area contributed by atoms with Gasteiger partial charge in [-0.3, -0.25) is 4.79 Å². The second-order valence-corrected chi connectivity index (χ2v) is 9.85. The Bertz CT molecular complexity index is 1160. The molecule has 0 radical (unpaired) electrons. The van der Waals surface area contributed by atoms with Crippen LogP contribution in [0.25, 0.3) is 11.3 Å². The molecule has 1 saturated heterocycles. The smallest absolute Gasteiger partial charge is 0.263 e. The summed E-state index contributed by atoms with van der Waals surface area (Å²) in [6.07, 6.45) is 1.41. The summed E-state index contributed by atoms with van der Waals surface area (Å²) in [5, 5.41) is 7.45. The van der Waals surface area contributed by atoms with E-state index >= 15 is 0 Å². The van der Waals surface area contributed by atoms with Crippen LogP contribution in [0.15, 0.2) is 60.7 Å². The maximum Gasteiger partial charge on any atom is 0.263 e. The predicted molar refractivity (Wildman–Crippen MR) is 120 cm³/mol. The highest BCUT2D eigenvalue weighted by Crippen LogP contribution is 2.30. The number of sulfone groups is 1. The number of carbonyl (C=O) groups is 1. The molecule has 162 valence electrons. The Labute approximate surface area is 182 Å². The molecule has 3 aromatic rings. The number of carbonyl (C=O) groups excluding carboxylic acids is 1. The number of anilines is 1. The number of rotatable bonds is 7. The van der Waals surface area contributed by atoms with E-state index in [0.29, 0.717) is 23.7 Å². The van der Waals surface area contributed by atoms with Crippen molar-refractivity contribution in [2.24, 2.45) is 0 Å². The highest BCUT2D eigenvalue weighted by Gasteiger charge is 2.31. The normalized spacial score (nSPS) is 17.4. The van der Waals surface area contributed by atoms with E-state index < -0.39 is 9.84 Å². The lowest BCUT2D eigenvalue weighted by Gasteiger charge is -2.14. The van der Waals surface area contributed by atoms with Crippen LogP contribution < -0.4 is 10.1 Å². The standard InChI is InChI=1S/C23H25N3O4S/c1-2-17-8-10-20(11-9-17)30-15-23(27)24-22-14-21(18-6-4-3-5-7-18)25-26(22)19-12-13-31(28,29)16-19/h3-11,14,19H,2,12-13,15-16H2,1H3,(H,24,27). The number of nitrogens with one attached hydrogen (secondary N) is 1. The van der Waals surface area contributed by atoms with Crippen LogP contribution in [0.3, 0.4) is 0 Å². The highest BCUT2D eigenvalue weighted by molar-refractivity contribution is 7.91. The van der Waals surface area contributed by atoms with Gasteiger partial charge in [0.05, 0.1) is 23.2 Å². The lowest BCUT2D eigenvalue weighted by Crippen LogP contribution is -2.23. The van der Waals surface area contributed by atoms with Gasteiger partial charge in [-0.15, -0.1) is 0 Å². The van der Waals surface area contributed by atoms with Crippen molar-refractivity contribution in [2.75, 3.05) is 23.4 Å². The molecule has 1 N–H and O–H groups in total. The van der Waals surface area contributed by atoms with Gasteiger partial charge in [-0.25, -0.2) is 13.1 Å². The third kappa shape index (κ3) is 5.14. The first-order valence-corrected chi connectivity index (χ1v) is 12.1. The molecule has 1 aromatic heterocycles. The number of aromatic nitrogens is 2. The van der Waals surface area contributed by atoms with Gasteiger partial charge in [0.2, 0.25) is 0 Å². The van der Waals surface area contributed by atoms with Gasteiger partial charge < -0.3 is 10.1 Å². The molecule has 1 fully saturated rings. The first kappa shape index (κ1) is 21.1. The molecule has 2 aromatic carbocycles. The van der Waals surface area contributed by atoms with Gasteiger partial charge in [-0.2, -0.15) is 5.10 Å². The fraction of sp³-hybridized carbons (Fsp3) is 0.304. The van der Waals surface area contributed by atoms with E-state index in [4.69, 9.17) is 4.74 Å². The summed E-state index contributed by atoms with van der Waals surface area (Å²) in [6.45, 7) is 1.92. The van der Waals surface area contributed by atoms with Crippen molar-refractivity contribution in [1.29, 1.82) is 0 Å². The second kappa shape index (κ2) is 8.93. The van der Waals surface area contributed by atoms with Crippen molar-refractivity contribution in [3.63, 3.8) is 0 Å². The van der Waals surface area contributed by atoms with E-state index in [1.165, 1.54) is 5.56 Å². The lowest BCUT2D eigenvalue weighted by atomic mass is 10.1. The Morgan fingerprint density at radius 2 is 1.90 bits per heavy atom. The second-order valence-electron chi connectivity index (χ2n) is 7.62. The van der Waals surface area contributed by atoms with Gasteiger partial charge in [0.15, 0.2) is 16.4 Å². The highest BCUT2D eigenvalue weighted by atomic mass is 32.2. The number of aryl methyl sites for hydroxylation is 1. The third-order valence-corrected chi connectivity index (χ3v) is 7.08. The molecule has 1 aliphatic rings. The maximum atomic E-state index is 12.6. The number of ether oxygens (including phenoxy) is 1. The quantitative estimate of drug-likeness (QED) is 0.609. The van der Waals surface area contributed by atoms with Crippen molar-refractivity contribution in [3.05, 3.63) is 66.2 Å². The van der Waals surface area contributed by atoms with Crippen LogP contribution in [0.2, 0.25) is 0 Å². The molecule has 1 atom stereocenters. The minimum Gasteiger partial charge on any atom is -0.484 e. The Morgan fingerprint density at radius 3 is 2.55 bits per heavy atom. The molecule has 1 aliphatic heterocycles. The molecule has 1 amide bonds. The molecule has 1 unspecified atom stereocenters. The van der Waals surface area contributed by atoms with Crippen LogP contribution in [0.1, 0.15) is 24.9 Å².